The lowest BCUT2D eigenvalue weighted by Gasteiger charge is -2.21. The minimum Gasteiger partial charge on any atom is -0.316 e. The third kappa shape index (κ3) is 2.50. The Bertz CT molecular complexity index is 353. The zero-order chi connectivity index (χ0) is 11.4. The van der Waals surface area contributed by atoms with E-state index in [0.29, 0.717) is 12.3 Å². The van der Waals surface area contributed by atoms with Gasteiger partial charge in [0.25, 0.3) is 0 Å². The molecule has 0 spiro atoms. The van der Waals surface area contributed by atoms with E-state index in [1.54, 1.807) is 10.9 Å². The molecular formula is C12H19N3O. The molecule has 2 rings (SSSR count). The van der Waals surface area contributed by atoms with E-state index in [0.717, 1.165) is 25.3 Å². The van der Waals surface area contributed by atoms with Crippen molar-refractivity contribution in [2.24, 2.45) is 5.92 Å². The first-order chi connectivity index (χ1) is 7.81. The summed E-state index contributed by atoms with van der Waals surface area (Å²) in [7, 11) is 0. The summed E-state index contributed by atoms with van der Waals surface area (Å²) in [5, 5.41) is 7.47. The molecule has 1 saturated heterocycles. The summed E-state index contributed by atoms with van der Waals surface area (Å²) >= 11 is 0. The Morgan fingerprint density at radius 2 is 2.56 bits per heavy atom. The summed E-state index contributed by atoms with van der Waals surface area (Å²) in [6.07, 6.45) is 4.71. The van der Waals surface area contributed by atoms with Gasteiger partial charge in [0, 0.05) is 19.2 Å². The van der Waals surface area contributed by atoms with Gasteiger partial charge >= 0.3 is 0 Å². The predicted molar refractivity (Wildman–Crippen MR) is 62.4 cm³/mol. The van der Waals surface area contributed by atoms with E-state index in [9.17, 15) is 4.79 Å². The van der Waals surface area contributed by atoms with Gasteiger partial charge in [0.1, 0.15) is 5.69 Å². The molecule has 1 N–H and O–H groups in total. The molecule has 1 aromatic heterocycles. The van der Waals surface area contributed by atoms with Crippen molar-refractivity contribution in [3.8, 4) is 0 Å². The van der Waals surface area contributed by atoms with Crippen molar-refractivity contribution < 1.29 is 4.79 Å². The Labute approximate surface area is 96.0 Å². The van der Waals surface area contributed by atoms with Gasteiger partial charge in [-0.3, -0.25) is 9.48 Å². The highest BCUT2D eigenvalue weighted by molar-refractivity contribution is 5.94. The maximum Gasteiger partial charge on any atom is 0.181 e. The first-order valence-electron chi connectivity index (χ1n) is 6.07. The van der Waals surface area contributed by atoms with Gasteiger partial charge in [-0.25, -0.2) is 0 Å². The number of hydrogen-bond donors (Lipinski definition) is 1. The number of piperidine rings is 1. The number of nitrogens with one attached hydrogen (secondary N) is 1. The standard InChI is InChI=1S/C12H19N3O/c1-2-15-11(5-7-14-15)12(16)8-10-4-3-6-13-9-10/h5,7,10,13H,2-4,6,8-9H2,1H3. The highest BCUT2D eigenvalue weighted by Crippen LogP contribution is 2.17. The van der Waals surface area contributed by atoms with Crippen molar-refractivity contribution in [2.75, 3.05) is 13.1 Å². The number of hydrogen-bond acceptors (Lipinski definition) is 3. The Kier molecular flexibility index (Phi) is 3.72. The third-order valence-corrected chi connectivity index (χ3v) is 3.17. The van der Waals surface area contributed by atoms with Gasteiger partial charge in [-0.05, 0) is 44.8 Å². The van der Waals surface area contributed by atoms with Crippen molar-refractivity contribution in [3.05, 3.63) is 18.0 Å². The molecule has 4 heteroatoms. The van der Waals surface area contributed by atoms with Crippen molar-refractivity contribution >= 4 is 5.78 Å². The fourth-order valence-corrected chi connectivity index (χ4v) is 2.29. The average Bonchev–Trinajstić information content (AvgIpc) is 2.78. The molecule has 1 aliphatic rings. The van der Waals surface area contributed by atoms with Crippen LogP contribution in [0.25, 0.3) is 0 Å². The molecule has 1 fully saturated rings. The van der Waals surface area contributed by atoms with Gasteiger partial charge in [0.2, 0.25) is 0 Å². The minimum atomic E-state index is 0.230. The SMILES string of the molecule is CCn1nccc1C(=O)CC1CCCNC1. The van der Waals surface area contributed by atoms with Gasteiger partial charge in [-0.2, -0.15) is 5.10 Å². The first kappa shape index (κ1) is 11.3. The molecule has 0 aromatic carbocycles. The Morgan fingerprint density at radius 3 is 3.25 bits per heavy atom. The molecule has 1 aliphatic heterocycles. The second-order valence-electron chi connectivity index (χ2n) is 4.37. The molecule has 1 aromatic rings. The van der Waals surface area contributed by atoms with E-state index in [1.807, 2.05) is 13.0 Å². The van der Waals surface area contributed by atoms with Crippen LogP contribution in [0, 0.1) is 5.92 Å². The lowest BCUT2D eigenvalue weighted by Crippen LogP contribution is -2.31. The molecule has 1 atom stereocenters. The Morgan fingerprint density at radius 1 is 1.69 bits per heavy atom. The highest BCUT2D eigenvalue weighted by Gasteiger charge is 2.19. The maximum absolute atomic E-state index is 12.1. The molecule has 0 saturated carbocycles. The number of nitrogens with zero attached hydrogens (tertiary/aromatic N) is 2. The van der Waals surface area contributed by atoms with Crippen LogP contribution in [0.1, 0.15) is 36.7 Å². The Balaban J connectivity index is 1.96. The van der Waals surface area contributed by atoms with Gasteiger partial charge in [-0.15, -0.1) is 0 Å². The average molecular weight is 221 g/mol. The lowest BCUT2D eigenvalue weighted by atomic mass is 9.93. The Hall–Kier alpha value is -1.16. The van der Waals surface area contributed by atoms with Crippen molar-refractivity contribution in [1.29, 1.82) is 0 Å². The number of aromatic nitrogens is 2. The van der Waals surface area contributed by atoms with Gasteiger partial charge in [0.05, 0.1) is 0 Å². The van der Waals surface area contributed by atoms with E-state index in [4.69, 9.17) is 0 Å². The molecule has 2 heterocycles. The van der Waals surface area contributed by atoms with Crippen LogP contribution in [-0.2, 0) is 6.54 Å². The summed E-state index contributed by atoms with van der Waals surface area (Å²) in [5.74, 6) is 0.731. The number of rotatable bonds is 4. The molecule has 16 heavy (non-hydrogen) atoms. The second-order valence-corrected chi connectivity index (χ2v) is 4.37. The first-order valence-corrected chi connectivity index (χ1v) is 6.07. The summed E-state index contributed by atoms with van der Waals surface area (Å²) in [5.41, 5.74) is 0.757. The lowest BCUT2D eigenvalue weighted by molar-refractivity contribution is 0.0943. The van der Waals surface area contributed by atoms with Crippen LogP contribution in [0.5, 0.6) is 0 Å². The van der Waals surface area contributed by atoms with Crippen molar-refractivity contribution in [3.63, 3.8) is 0 Å². The van der Waals surface area contributed by atoms with E-state index >= 15 is 0 Å². The van der Waals surface area contributed by atoms with Crippen molar-refractivity contribution in [2.45, 2.75) is 32.7 Å². The van der Waals surface area contributed by atoms with Crippen LogP contribution in [0.15, 0.2) is 12.3 Å². The van der Waals surface area contributed by atoms with E-state index in [2.05, 4.69) is 10.4 Å². The van der Waals surface area contributed by atoms with E-state index in [-0.39, 0.29) is 5.78 Å². The number of carbonyl (C=O) groups excluding carboxylic acids is 1. The molecule has 0 amide bonds. The monoisotopic (exact) mass is 221 g/mol. The molecule has 1 unspecified atom stereocenters. The molecule has 4 nitrogen and oxygen atoms in total. The van der Waals surface area contributed by atoms with E-state index in [1.165, 1.54) is 12.8 Å². The quantitative estimate of drug-likeness (QED) is 0.783. The van der Waals surface area contributed by atoms with Crippen LogP contribution < -0.4 is 5.32 Å². The zero-order valence-corrected chi connectivity index (χ0v) is 9.78. The summed E-state index contributed by atoms with van der Waals surface area (Å²) in [6.45, 7) is 4.84. The van der Waals surface area contributed by atoms with Gasteiger partial charge in [-0.1, -0.05) is 0 Å². The second kappa shape index (κ2) is 5.25. The number of carbonyl (C=O) groups is 1. The van der Waals surface area contributed by atoms with Gasteiger partial charge < -0.3 is 5.32 Å². The maximum atomic E-state index is 12.1. The van der Waals surface area contributed by atoms with Crippen molar-refractivity contribution in [1.82, 2.24) is 15.1 Å². The van der Waals surface area contributed by atoms with Crippen LogP contribution >= 0.6 is 0 Å². The number of aryl methyl sites for hydroxylation is 1. The number of Topliss-reactive ketones (excluding diaryl/α,β-unsaturated/α-hetero) is 1. The largest absolute Gasteiger partial charge is 0.316 e. The number of ketones is 1. The predicted octanol–water partition coefficient (Wildman–Crippen LogP) is 1.48. The van der Waals surface area contributed by atoms with Crippen LogP contribution in [0.4, 0.5) is 0 Å². The minimum absolute atomic E-state index is 0.230. The van der Waals surface area contributed by atoms with Crippen LogP contribution in [0.3, 0.4) is 0 Å². The van der Waals surface area contributed by atoms with Gasteiger partial charge in [0.15, 0.2) is 5.78 Å². The zero-order valence-electron chi connectivity index (χ0n) is 9.78. The molecular weight excluding hydrogens is 202 g/mol. The highest BCUT2D eigenvalue weighted by atomic mass is 16.1. The summed E-state index contributed by atoms with van der Waals surface area (Å²) in [6, 6.07) is 1.82. The molecule has 88 valence electrons. The van der Waals surface area contributed by atoms with Crippen LogP contribution in [-0.4, -0.2) is 28.7 Å². The fourth-order valence-electron chi connectivity index (χ4n) is 2.29. The topological polar surface area (TPSA) is 46.9 Å². The third-order valence-electron chi connectivity index (χ3n) is 3.17. The smallest absolute Gasteiger partial charge is 0.181 e. The van der Waals surface area contributed by atoms with E-state index < -0.39 is 0 Å². The molecule has 0 bridgehead atoms. The van der Waals surface area contributed by atoms with Crippen LogP contribution in [0.2, 0.25) is 0 Å². The summed E-state index contributed by atoms with van der Waals surface area (Å²) < 4.78 is 1.78. The summed E-state index contributed by atoms with van der Waals surface area (Å²) in [4.78, 5) is 12.1. The fraction of sp³-hybridized carbons (Fsp3) is 0.667. The molecule has 0 aliphatic carbocycles. The normalized spacial score (nSPS) is 20.9. The molecule has 0 radical (unpaired) electrons.